The first-order valence-corrected chi connectivity index (χ1v) is 10.6. The molecule has 0 radical (unpaired) electrons. The lowest BCUT2D eigenvalue weighted by molar-refractivity contribution is -0.131. The van der Waals surface area contributed by atoms with Crippen LogP contribution in [-0.2, 0) is 25.6 Å². The summed E-state index contributed by atoms with van der Waals surface area (Å²) in [7, 11) is 0. The third kappa shape index (κ3) is 12.4. The van der Waals surface area contributed by atoms with Gasteiger partial charge in [0.2, 0.25) is 23.6 Å². The maximum absolute atomic E-state index is 12.7. The van der Waals surface area contributed by atoms with E-state index in [2.05, 4.69) is 21.3 Å². The minimum atomic E-state index is -0.868. The van der Waals surface area contributed by atoms with E-state index in [1.165, 1.54) is 0 Å². The fraction of sp³-hybridized carbons (Fsp3) is 0.565. The molecule has 0 saturated carbocycles. The highest BCUT2D eigenvalue weighted by Crippen LogP contribution is 2.10. The van der Waals surface area contributed by atoms with Gasteiger partial charge in [-0.2, -0.15) is 0 Å². The molecule has 8 nitrogen and oxygen atoms in total. The number of benzene rings is 1. The SMILES string of the molecule is CC(C)CC(=O)NCC(=O)NC(Cc1ccccc1)C(=O)NCC(=O)NCC(C)(C)C. The van der Waals surface area contributed by atoms with E-state index in [1.54, 1.807) is 0 Å². The van der Waals surface area contributed by atoms with Gasteiger partial charge in [-0.05, 0) is 16.9 Å². The summed E-state index contributed by atoms with van der Waals surface area (Å²) in [5, 5.41) is 10.6. The molecule has 0 aliphatic heterocycles. The molecule has 1 aromatic carbocycles. The van der Waals surface area contributed by atoms with Gasteiger partial charge in [0, 0.05) is 19.4 Å². The smallest absolute Gasteiger partial charge is 0.243 e. The van der Waals surface area contributed by atoms with Crippen molar-refractivity contribution in [2.45, 2.75) is 53.5 Å². The Hall–Kier alpha value is -2.90. The van der Waals surface area contributed by atoms with Crippen molar-refractivity contribution in [2.24, 2.45) is 11.3 Å². The number of nitrogens with one attached hydrogen (secondary N) is 4. The zero-order chi connectivity index (χ0) is 23.4. The van der Waals surface area contributed by atoms with Crippen molar-refractivity contribution in [1.82, 2.24) is 21.3 Å². The second kappa shape index (κ2) is 12.7. The van der Waals surface area contributed by atoms with Crippen LogP contribution in [0.5, 0.6) is 0 Å². The van der Waals surface area contributed by atoms with Crippen LogP contribution in [0.4, 0.5) is 0 Å². The lowest BCUT2D eigenvalue weighted by atomic mass is 9.97. The van der Waals surface area contributed by atoms with E-state index in [4.69, 9.17) is 0 Å². The van der Waals surface area contributed by atoms with Crippen molar-refractivity contribution in [3.05, 3.63) is 35.9 Å². The van der Waals surface area contributed by atoms with Crippen LogP contribution in [0.2, 0.25) is 0 Å². The van der Waals surface area contributed by atoms with Gasteiger partial charge in [-0.3, -0.25) is 19.2 Å². The third-order valence-electron chi connectivity index (χ3n) is 4.21. The average Bonchev–Trinajstić information content (AvgIpc) is 2.68. The maximum atomic E-state index is 12.7. The Morgan fingerprint density at radius 1 is 0.839 bits per heavy atom. The normalized spacial score (nSPS) is 12.1. The molecule has 172 valence electrons. The molecule has 8 heteroatoms. The molecule has 0 aliphatic rings. The number of rotatable bonds is 11. The Balaban J connectivity index is 2.66. The second-order valence-electron chi connectivity index (χ2n) is 9.24. The van der Waals surface area contributed by atoms with Crippen molar-refractivity contribution >= 4 is 23.6 Å². The Morgan fingerprint density at radius 2 is 1.45 bits per heavy atom. The monoisotopic (exact) mass is 432 g/mol. The highest BCUT2D eigenvalue weighted by molar-refractivity contribution is 5.92. The van der Waals surface area contributed by atoms with Crippen LogP contribution in [0.3, 0.4) is 0 Å². The zero-order valence-electron chi connectivity index (χ0n) is 19.2. The van der Waals surface area contributed by atoms with Gasteiger partial charge in [0.1, 0.15) is 6.04 Å². The maximum Gasteiger partial charge on any atom is 0.243 e. The zero-order valence-corrected chi connectivity index (χ0v) is 19.2. The lowest BCUT2D eigenvalue weighted by Crippen LogP contribution is -2.52. The molecule has 0 aromatic heterocycles. The molecule has 0 saturated heterocycles. The molecule has 1 aromatic rings. The largest absolute Gasteiger partial charge is 0.354 e. The Morgan fingerprint density at radius 3 is 2.03 bits per heavy atom. The topological polar surface area (TPSA) is 116 Å². The fourth-order valence-corrected chi connectivity index (χ4v) is 2.64. The summed E-state index contributed by atoms with van der Waals surface area (Å²) in [6, 6.07) is 8.39. The van der Waals surface area contributed by atoms with Crippen molar-refractivity contribution < 1.29 is 19.2 Å². The molecular formula is C23H36N4O4. The molecular weight excluding hydrogens is 396 g/mol. The predicted octanol–water partition coefficient (Wildman–Crippen LogP) is 1.15. The molecule has 1 rings (SSSR count). The first-order valence-electron chi connectivity index (χ1n) is 10.6. The van der Waals surface area contributed by atoms with Crippen LogP contribution in [0.25, 0.3) is 0 Å². The second-order valence-corrected chi connectivity index (χ2v) is 9.24. The quantitative estimate of drug-likeness (QED) is 0.420. The van der Waals surface area contributed by atoms with Gasteiger partial charge >= 0.3 is 0 Å². The van der Waals surface area contributed by atoms with E-state index in [9.17, 15) is 19.2 Å². The van der Waals surface area contributed by atoms with Crippen LogP contribution in [-0.4, -0.2) is 49.3 Å². The number of carbonyl (C=O) groups is 4. The molecule has 4 amide bonds. The van der Waals surface area contributed by atoms with E-state index in [0.717, 1.165) is 5.56 Å². The summed E-state index contributed by atoms with van der Waals surface area (Å²) in [5.74, 6) is -1.26. The van der Waals surface area contributed by atoms with Crippen LogP contribution < -0.4 is 21.3 Å². The average molecular weight is 433 g/mol. The number of hydrogen-bond donors (Lipinski definition) is 4. The summed E-state index contributed by atoms with van der Waals surface area (Å²) < 4.78 is 0. The van der Waals surface area contributed by atoms with Gasteiger partial charge in [0.25, 0.3) is 0 Å². The van der Waals surface area contributed by atoms with E-state index in [0.29, 0.717) is 13.0 Å². The summed E-state index contributed by atoms with van der Waals surface area (Å²) in [4.78, 5) is 48.7. The Labute approximate surface area is 184 Å². The fourth-order valence-electron chi connectivity index (χ4n) is 2.64. The minimum Gasteiger partial charge on any atom is -0.354 e. The van der Waals surface area contributed by atoms with Crippen LogP contribution in [0.1, 0.15) is 46.6 Å². The van der Waals surface area contributed by atoms with Gasteiger partial charge in [0.05, 0.1) is 13.1 Å². The number of hydrogen-bond acceptors (Lipinski definition) is 4. The summed E-state index contributed by atoms with van der Waals surface area (Å²) in [5.41, 5.74) is 0.799. The number of carbonyl (C=O) groups excluding carboxylic acids is 4. The van der Waals surface area contributed by atoms with Crippen LogP contribution >= 0.6 is 0 Å². The van der Waals surface area contributed by atoms with Crippen molar-refractivity contribution in [1.29, 1.82) is 0 Å². The van der Waals surface area contributed by atoms with E-state index in [1.807, 2.05) is 65.0 Å². The summed E-state index contributed by atoms with van der Waals surface area (Å²) in [6.07, 6.45) is 0.590. The standard InChI is InChI=1S/C23H36N4O4/c1-16(2)11-19(28)24-14-21(30)27-18(12-17-9-7-6-8-10-17)22(31)25-13-20(29)26-15-23(3,4)5/h6-10,16,18H,11-15H2,1-5H3,(H,24,28)(H,25,31)(H,26,29)(H,27,30). The van der Waals surface area contributed by atoms with E-state index < -0.39 is 17.9 Å². The summed E-state index contributed by atoms with van der Waals surface area (Å²) in [6.45, 7) is 9.92. The predicted molar refractivity (Wildman–Crippen MR) is 120 cm³/mol. The first kappa shape index (κ1) is 26.1. The van der Waals surface area contributed by atoms with Crippen LogP contribution in [0.15, 0.2) is 30.3 Å². The van der Waals surface area contributed by atoms with Crippen molar-refractivity contribution in [3.63, 3.8) is 0 Å². The van der Waals surface area contributed by atoms with Crippen molar-refractivity contribution in [2.75, 3.05) is 19.6 Å². The lowest BCUT2D eigenvalue weighted by Gasteiger charge is -2.20. The van der Waals surface area contributed by atoms with Gasteiger partial charge in [-0.25, -0.2) is 0 Å². The molecule has 4 N–H and O–H groups in total. The van der Waals surface area contributed by atoms with Crippen LogP contribution in [0, 0.1) is 11.3 Å². The van der Waals surface area contributed by atoms with Gasteiger partial charge in [0.15, 0.2) is 0 Å². The molecule has 0 aliphatic carbocycles. The summed E-state index contributed by atoms with van der Waals surface area (Å²) >= 11 is 0. The molecule has 1 atom stereocenters. The number of amides is 4. The highest BCUT2D eigenvalue weighted by Gasteiger charge is 2.22. The van der Waals surface area contributed by atoms with E-state index in [-0.39, 0.29) is 42.7 Å². The van der Waals surface area contributed by atoms with E-state index >= 15 is 0 Å². The van der Waals surface area contributed by atoms with Crippen molar-refractivity contribution in [3.8, 4) is 0 Å². The molecule has 0 heterocycles. The third-order valence-corrected chi connectivity index (χ3v) is 4.21. The molecule has 0 bridgehead atoms. The molecule has 0 fully saturated rings. The first-order chi connectivity index (χ1) is 14.5. The Kier molecular flexibility index (Phi) is 10.7. The Bertz CT molecular complexity index is 742. The molecule has 1 unspecified atom stereocenters. The van der Waals surface area contributed by atoms with Gasteiger partial charge in [-0.15, -0.1) is 0 Å². The minimum absolute atomic E-state index is 0.0660. The molecule has 0 spiro atoms. The highest BCUT2D eigenvalue weighted by atomic mass is 16.2. The van der Waals surface area contributed by atoms with Gasteiger partial charge < -0.3 is 21.3 Å². The molecule has 31 heavy (non-hydrogen) atoms. The van der Waals surface area contributed by atoms with Gasteiger partial charge in [-0.1, -0.05) is 65.0 Å².